The van der Waals surface area contributed by atoms with Crippen molar-refractivity contribution in [3.8, 4) is 39.1 Å². The maximum atomic E-state index is 6.56. The van der Waals surface area contributed by atoms with Crippen molar-refractivity contribution < 1.29 is 8.83 Å². The zero-order valence-corrected chi connectivity index (χ0v) is 36.8. The van der Waals surface area contributed by atoms with E-state index >= 15 is 0 Å². The molecule has 3 heterocycles. The molecule has 0 aliphatic carbocycles. The van der Waals surface area contributed by atoms with Gasteiger partial charge in [-0.25, -0.2) is 0 Å². The highest BCUT2D eigenvalue weighted by Crippen LogP contribution is 2.44. The average molecular weight is 869 g/mol. The summed E-state index contributed by atoms with van der Waals surface area (Å²) in [6, 6.07) is 87.1. The SMILES string of the molecule is c1cc(-c2ccc(N(c3ccc(-c4ccc5oc6ccccc6c5c4)cc3)c3ccccc3-c3ccc4oc5c6ccccc6ccc5c4c3)cc2)cc(-n2c3ccccc3c3ccccc32)c1. The molecular formula is C64H40N2O2. The Kier molecular flexibility index (Phi) is 8.55. The Morgan fingerprint density at radius 1 is 0.309 bits per heavy atom. The maximum Gasteiger partial charge on any atom is 0.143 e. The summed E-state index contributed by atoms with van der Waals surface area (Å²) in [5.41, 5.74) is 17.1. The quantitative estimate of drug-likeness (QED) is 0.160. The summed E-state index contributed by atoms with van der Waals surface area (Å²) in [5.74, 6) is 0. The molecule has 4 nitrogen and oxygen atoms in total. The minimum atomic E-state index is 0.879. The van der Waals surface area contributed by atoms with Crippen molar-refractivity contribution >= 4 is 93.5 Å². The van der Waals surface area contributed by atoms with Crippen molar-refractivity contribution in [3.63, 3.8) is 0 Å². The molecular weight excluding hydrogens is 829 g/mol. The van der Waals surface area contributed by atoms with Crippen molar-refractivity contribution in [1.82, 2.24) is 4.57 Å². The number of aromatic nitrogens is 1. The zero-order chi connectivity index (χ0) is 44.7. The number of fused-ring (bicyclic) bond motifs is 11. The van der Waals surface area contributed by atoms with Gasteiger partial charge >= 0.3 is 0 Å². The third kappa shape index (κ3) is 6.08. The lowest BCUT2D eigenvalue weighted by Gasteiger charge is -2.28. The van der Waals surface area contributed by atoms with E-state index in [-0.39, 0.29) is 0 Å². The first-order chi connectivity index (χ1) is 33.7. The van der Waals surface area contributed by atoms with Gasteiger partial charge in [-0.1, -0.05) is 152 Å². The van der Waals surface area contributed by atoms with E-state index in [1.165, 1.54) is 27.2 Å². The molecule has 11 aromatic carbocycles. The van der Waals surface area contributed by atoms with Crippen LogP contribution in [0, 0.1) is 0 Å². The second-order valence-electron chi connectivity index (χ2n) is 17.7. The van der Waals surface area contributed by atoms with Crippen LogP contribution < -0.4 is 4.90 Å². The van der Waals surface area contributed by atoms with E-state index in [2.05, 4.69) is 240 Å². The monoisotopic (exact) mass is 868 g/mol. The van der Waals surface area contributed by atoms with E-state index in [1.54, 1.807) is 0 Å². The van der Waals surface area contributed by atoms with Crippen LogP contribution in [0.4, 0.5) is 17.1 Å². The Morgan fingerprint density at radius 2 is 0.853 bits per heavy atom. The molecule has 14 aromatic rings. The van der Waals surface area contributed by atoms with E-state index in [0.717, 1.165) is 105 Å². The minimum absolute atomic E-state index is 0.879. The van der Waals surface area contributed by atoms with Crippen molar-refractivity contribution in [2.45, 2.75) is 0 Å². The molecule has 0 N–H and O–H groups in total. The Labute approximate surface area is 391 Å². The zero-order valence-electron chi connectivity index (χ0n) is 36.8. The molecule has 0 spiro atoms. The number of rotatable bonds is 7. The lowest BCUT2D eigenvalue weighted by atomic mass is 9.98. The van der Waals surface area contributed by atoms with Crippen LogP contribution in [0.2, 0.25) is 0 Å². The molecule has 0 bridgehead atoms. The van der Waals surface area contributed by atoms with Gasteiger partial charge in [0.25, 0.3) is 0 Å². The summed E-state index contributed by atoms with van der Waals surface area (Å²) in [4.78, 5) is 2.38. The molecule has 68 heavy (non-hydrogen) atoms. The number of nitrogens with zero attached hydrogens (tertiary/aromatic N) is 2. The van der Waals surface area contributed by atoms with Crippen molar-refractivity contribution in [2.75, 3.05) is 4.90 Å². The van der Waals surface area contributed by atoms with Gasteiger partial charge in [0, 0.05) is 60.3 Å². The van der Waals surface area contributed by atoms with Gasteiger partial charge in [0.2, 0.25) is 0 Å². The topological polar surface area (TPSA) is 34.5 Å². The molecule has 0 saturated heterocycles. The largest absolute Gasteiger partial charge is 0.456 e. The molecule has 0 unspecified atom stereocenters. The minimum Gasteiger partial charge on any atom is -0.456 e. The van der Waals surface area contributed by atoms with Crippen LogP contribution in [0.15, 0.2) is 251 Å². The van der Waals surface area contributed by atoms with Crippen LogP contribution in [-0.4, -0.2) is 4.57 Å². The number of benzene rings is 11. The fraction of sp³-hybridized carbons (Fsp3) is 0. The summed E-state index contributed by atoms with van der Waals surface area (Å²) < 4.78 is 15.1. The Bertz CT molecular complexity index is 4210. The summed E-state index contributed by atoms with van der Waals surface area (Å²) in [6.45, 7) is 0. The van der Waals surface area contributed by atoms with Gasteiger partial charge < -0.3 is 18.3 Å². The highest BCUT2D eigenvalue weighted by Gasteiger charge is 2.20. The van der Waals surface area contributed by atoms with E-state index in [0.29, 0.717) is 0 Å². The maximum absolute atomic E-state index is 6.56. The van der Waals surface area contributed by atoms with Gasteiger partial charge in [0.15, 0.2) is 0 Å². The van der Waals surface area contributed by atoms with E-state index < -0.39 is 0 Å². The third-order valence-corrected chi connectivity index (χ3v) is 13.8. The first kappa shape index (κ1) is 38.2. The van der Waals surface area contributed by atoms with Crippen molar-refractivity contribution in [2.24, 2.45) is 0 Å². The molecule has 0 aliphatic heterocycles. The number of hydrogen-bond donors (Lipinski definition) is 0. The van der Waals surface area contributed by atoms with E-state index in [9.17, 15) is 0 Å². The van der Waals surface area contributed by atoms with Gasteiger partial charge in [-0.15, -0.1) is 0 Å². The average Bonchev–Trinajstić information content (AvgIpc) is 4.09. The van der Waals surface area contributed by atoms with Gasteiger partial charge in [-0.05, 0) is 124 Å². The highest BCUT2D eigenvalue weighted by molar-refractivity contribution is 6.16. The van der Waals surface area contributed by atoms with Crippen LogP contribution in [-0.2, 0) is 0 Å². The Hall–Kier alpha value is -9.12. The van der Waals surface area contributed by atoms with E-state index in [4.69, 9.17) is 8.83 Å². The molecule has 0 saturated carbocycles. The summed E-state index contributed by atoms with van der Waals surface area (Å²) in [5, 5.41) is 9.26. The predicted octanol–water partition coefficient (Wildman–Crippen LogP) is 18.2. The molecule has 318 valence electrons. The highest BCUT2D eigenvalue weighted by atomic mass is 16.3. The molecule has 3 aromatic heterocycles. The number of anilines is 3. The van der Waals surface area contributed by atoms with Crippen LogP contribution in [0.5, 0.6) is 0 Å². The van der Waals surface area contributed by atoms with Crippen LogP contribution in [0.3, 0.4) is 0 Å². The van der Waals surface area contributed by atoms with E-state index in [1.807, 2.05) is 12.1 Å². The second-order valence-corrected chi connectivity index (χ2v) is 17.7. The predicted molar refractivity (Wildman–Crippen MR) is 284 cm³/mol. The lowest BCUT2D eigenvalue weighted by Crippen LogP contribution is -2.11. The van der Waals surface area contributed by atoms with Gasteiger partial charge in [0.1, 0.15) is 22.3 Å². The van der Waals surface area contributed by atoms with Crippen molar-refractivity contribution in [1.29, 1.82) is 0 Å². The lowest BCUT2D eigenvalue weighted by molar-refractivity contribution is 0.669. The van der Waals surface area contributed by atoms with Crippen LogP contribution >= 0.6 is 0 Å². The first-order valence-electron chi connectivity index (χ1n) is 23.1. The Morgan fingerprint density at radius 3 is 1.60 bits per heavy atom. The van der Waals surface area contributed by atoms with Gasteiger partial charge in [0.05, 0.1) is 16.7 Å². The first-order valence-corrected chi connectivity index (χ1v) is 23.1. The summed E-state index contributed by atoms with van der Waals surface area (Å²) >= 11 is 0. The molecule has 0 aliphatic rings. The Balaban J connectivity index is 0.887. The molecule has 0 atom stereocenters. The molecule has 0 fully saturated rings. The molecule has 0 amide bonds. The van der Waals surface area contributed by atoms with Gasteiger partial charge in [-0.3, -0.25) is 0 Å². The van der Waals surface area contributed by atoms with Crippen LogP contribution in [0.25, 0.3) is 116 Å². The smallest absolute Gasteiger partial charge is 0.143 e. The fourth-order valence-electron chi connectivity index (χ4n) is 10.5. The van der Waals surface area contributed by atoms with Crippen LogP contribution in [0.1, 0.15) is 0 Å². The number of para-hydroxylation sites is 4. The second kappa shape index (κ2) is 15.2. The summed E-state index contributed by atoms with van der Waals surface area (Å²) in [7, 11) is 0. The molecule has 4 heteroatoms. The third-order valence-electron chi connectivity index (χ3n) is 13.8. The normalized spacial score (nSPS) is 11.8. The van der Waals surface area contributed by atoms with Gasteiger partial charge in [-0.2, -0.15) is 0 Å². The van der Waals surface area contributed by atoms with Crippen molar-refractivity contribution in [3.05, 3.63) is 243 Å². The molecule has 0 radical (unpaired) electrons. The summed E-state index contributed by atoms with van der Waals surface area (Å²) in [6.07, 6.45) is 0. The standard InChI is InChI=1S/C64H40N2O2/c1-2-16-51-43(12-1)28-35-55-57-40-46(30-37-63(57)68-64(51)55)50-15-3-7-20-58(50)65(48-33-26-42(27-34-48)45-29-36-62-56(39-45)54-19-6-10-23-61(54)67-62)47-31-24-41(25-32-47)44-13-11-14-49(38-44)66-59-21-8-4-17-52(59)53-18-5-9-22-60(53)66/h1-40H. The molecule has 14 rings (SSSR count). The number of furan rings is 2. The fourth-order valence-corrected chi connectivity index (χ4v) is 10.5. The number of hydrogen-bond acceptors (Lipinski definition) is 3.